The zero-order valence-corrected chi connectivity index (χ0v) is 14.3. The highest BCUT2D eigenvalue weighted by atomic mass is 35.5. The van der Waals surface area contributed by atoms with Crippen LogP contribution < -0.4 is 5.32 Å². The van der Waals surface area contributed by atoms with Gasteiger partial charge >= 0.3 is 0 Å². The van der Waals surface area contributed by atoms with E-state index in [0.717, 1.165) is 29.5 Å². The average molecular weight is 330 g/mol. The monoisotopic (exact) mass is 329 g/mol. The average Bonchev–Trinajstić information content (AvgIpc) is 2.50. The molecule has 1 aromatic carbocycles. The molecule has 2 rings (SSSR count). The van der Waals surface area contributed by atoms with Crippen LogP contribution in [-0.4, -0.2) is 23.6 Å². The van der Waals surface area contributed by atoms with Crippen molar-refractivity contribution in [2.24, 2.45) is 0 Å². The van der Waals surface area contributed by atoms with Gasteiger partial charge in [-0.2, -0.15) is 11.8 Å². The van der Waals surface area contributed by atoms with Gasteiger partial charge in [-0.1, -0.05) is 43.9 Å². The highest BCUT2D eigenvalue weighted by molar-refractivity contribution is 7.99. The van der Waals surface area contributed by atoms with Crippen LogP contribution in [0.2, 0.25) is 5.02 Å². The first-order valence-corrected chi connectivity index (χ1v) is 9.40. The minimum absolute atomic E-state index is 0.225. The summed E-state index contributed by atoms with van der Waals surface area (Å²) in [5, 5.41) is 4.60. The van der Waals surface area contributed by atoms with Gasteiger partial charge in [0.15, 0.2) is 0 Å². The SMILES string of the molecule is CCNC(CSC1CCCCC1)Cc1ccc(F)c(Cl)c1. The molecule has 0 spiro atoms. The van der Waals surface area contributed by atoms with E-state index in [2.05, 4.69) is 24.0 Å². The molecule has 118 valence electrons. The van der Waals surface area contributed by atoms with Crippen LogP contribution in [-0.2, 0) is 6.42 Å². The third-order valence-corrected chi connectivity index (χ3v) is 5.87. The number of hydrogen-bond donors (Lipinski definition) is 1. The lowest BCUT2D eigenvalue weighted by Gasteiger charge is -2.24. The summed E-state index contributed by atoms with van der Waals surface area (Å²) < 4.78 is 13.2. The Hall–Kier alpha value is -0.250. The fourth-order valence-electron chi connectivity index (χ4n) is 2.91. The minimum Gasteiger partial charge on any atom is -0.313 e. The summed E-state index contributed by atoms with van der Waals surface area (Å²) in [4.78, 5) is 0. The van der Waals surface area contributed by atoms with E-state index in [1.165, 1.54) is 38.2 Å². The van der Waals surface area contributed by atoms with E-state index in [1.807, 2.05) is 6.07 Å². The Morgan fingerprint density at radius 1 is 1.33 bits per heavy atom. The summed E-state index contributed by atoms with van der Waals surface area (Å²) in [5.74, 6) is 0.782. The smallest absolute Gasteiger partial charge is 0.141 e. The van der Waals surface area contributed by atoms with Gasteiger partial charge in [-0.15, -0.1) is 0 Å². The van der Waals surface area contributed by atoms with Gasteiger partial charge in [-0.25, -0.2) is 4.39 Å². The molecule has 0 heterocycles. The zero-order valence-electron chi connectivity index (χ0n) is 12.7. The van der Waals surface area contributed by atoms with Gasteiger partial charge < -0.3 is 5.32 Å². The quantitative estimate of drug-likeness (QED) is 0.750. The second-order valence-corrected chi connectivity index (χ2v) is 7.54. The number of nitrogens with one attached hydrogen (secondary N) is 1. The van der Waals surface area contributed by atoms with Crippen LogP contribution >= 0.6 is 23.4 Å². The van der Waals surface area contributed by atoms with Crippen molar-refractivity contribution in [3.8, 4) is 0 Å². The third kappa shape index (κ3) is 5.80. The first kappa shape index (κ1) is 17.1. The van der Waals surface area contributed by atoms with Crippen LogP contribution in [0, 0.1) is 5.82 Å². The molecule has 1 N–H and O–H groups in total. The van der Waals surface area contributed by atoms with Gasteiger partial charge in [0.05, 0.1) is 5.02 Å². The number of thioether (sulfide) groups is 1. The molecule has 1 fully saturated rings. The van der Waals surface area contributed by atoms with Crippen molar-refractivity contribution in [3.05, 3.63) is 34.6 Å². The van der Waals surface area contributed by atoms with E-state index >= 15 is 0 Å². The maximum absolute atomic E-state index is 13.2. The third-order valence-electron chi connectivity index (χ3n) is 4.04. The van der Waals surface area contributed by atoms with Crippen LogP contribution in [0.4, 0.5) is 4.39 Å². The summed E-state index contributed by atoms with van der Waals surface area (Å²) in [7, 11) is 0. The summed E-state index contributed by atoms with van der Waals surface area (Å²) in [6.07, 6.45) is 7.82. The summed E-state index contributed by atoms with van der Waals surface area (Å²) in [6.45, 7) is 3.10. The molecule has 1 atom stereocenters. The molecule has 0 aromatic heterocycles. The molecular weight excluding hydrogens is 305 g/mol. The molecule has 4 heteroatoms. The second kappa shape index (κ2) is 9.02. The lowest BCUT2D eigenvalue weighted by atomic mass is 10.0. The van der Waals surface area contributed by atoms with E-state index < -0.39 is 0 Å². The van der Waals surface area contributed by atoms with Crippen molar-refractivity contribution < 1.29 is 4.39 Å². The van der Waals surface area contributed by atoms with Crippen molar-refractivity contribution in [1.29, 1.82) is 0 Å². The molecular formula is C17H25ClFNS. The molecule has 0 radical (unpaired) electrons. The maximum atomic E-state index is 13.2. The maximum Gasteiger partial charge on any atom is 0.141 e. The molecule has 1 aliphatic rings. The van der Waals surface area contributed by atoms with Gasteiger partial charge in [0.1, 0.15) is 5.82 Å². The Labute approximate surface area is 137 Å². The van der Waals surface area contributed by atoms with Crippen molar-refractivity contribution >= 4 is 23.4 Å². The number of likely N-dealkylation sites (N-methyl/N-ethyl adjacent to an activating group) is 1. The molecule has 0 amide bonds. The zero-order chi connectivity index (χ0) is 15.1. The minimum atomic E-state index is -0.336. The van der Waals surface area contributed by atoms with Gasteiger partial charge in [-0.3, -0.25) is 0 Å². The molecule has 1 aliphatic carbocycles. The first-order valence-electron chi connectivity index (χ1n) is 7.98. The summed E-state index contributed by atoms with van der Waals surface area (Å²) in [5.41, 5.74) is 1.11. The topological polar surface area (TPSA) is 12.0 Å². The van der Waals surface area contributed by atoms with E-state index in [1.54, 1.807) is 6.07 Å². The fraction of sp³-hybridized carbons (Fsp3) is 0.647. The lowest BCUT2D eigenvalue weighted by Crippen LogP contribution is -2.34. The van der Waals surface area contributed by atoms with E-state index in [4.69, 9.17) is 11.6 Å². The number of halogens is 2. The number of benzene rings is 1. The van der Waals surface area contributed by atoms with Crippen molar-refractivity contribution in [2.75, 3.05) is 12.3 Å². The van der Waals surface area contributed by atoms with Crippen molar-refractivity contribution in [2.45, 2.75) is 56.7 Å². The molecule has 1 unspecified atom stereocenters. The van der Waals surface area contributed by atoms with E-state index in [9.17, 15) is 4.39 Å². The largest absolute Gasteiger partial charge is 0.313 e. The highest BCUT2D eigenvalue weighted by Gasteiger charge is 2.17. The standard InChI is InChI=1S/C17H25ClFNS/c1-2-20-14(12-21-15-6-4-3-5-7-15)10-13-8-9-17(19)16(18)11-13/h8-9,11,14-15,20H,2-7,10,12H2,1H3. The van der Waals surface area contributed by atoms with E-state index in [-0.39, 0.29) is 10.8 Å². The Kier molecular flexibility index (Phi) is 7.35. The van der Waals surface area contributed by atoms with Crippen LogP contribution in [0.3, 0.4) is 0 Å². The molecule has 1 saturated carbocycles. The predicted molar refractivity (Wildman–Crippen MR) is 91.9 cm³/mol. The van der Waals surface area contributed by atoms with Gasteiger partial charge in [0.2, 0.25) is 0 Å². The van der Waals surface area contributed by atoms with Gasteiger partial charge in [0.25, 0.3) is 0 Å². The molecule has 0 saturated heterocycles. The molecule has 1 aromatic rings. The predicted octanol–water partition coefficient (Wildman–Crippen LogP) is 5.07. The lowest BCUT2D eigenvalue weighted by molar-refractivity contribution is 0.513. The van der Waals surface area contributed by atoms with E-state index in [0.29, 0.717) is 6.04 Å². The fourth-order valence-corrected chi connectivity index (χ4v) is 4.52. The molecule has 0 bridgehead atoms. The molecule has 1 nitrogen and oxygen atoms in total. The Balaban J connectivity index is 1.86. The summed E-state index contributed by atoms with van der Waals surface area (Å²) >= 11 is 7.97. The van der Waals surface area contributed by atoms with Gasteiger partial charge in [-0.05, 0) is 43.5 Å². The van der Waals surface area contributed by atoms with Crippen LogP contribution in [0.25, 0.3) is 0 Å². The molecule has 0 aliphatic heterocycles. The first-order chi connectivity index (χ1) is 10.2. The normalized spacial score (nSPS) is 17.9. The molecule has 21 heavy (non-hydrogen) atoms. The van der Waals surface area contributed by atoms with Crippen molar-refractivity contribution in [1.82, 2.24) is 5.32 Å². The Bertz CT molecular complexity index is 435. The Morgan fingerprint density at radius 2 is 2.10 bits per heavy atom. The second-order valence-electron chi connectivity index (χ2n) is 5.80. The van der Waals surface area contributed by atoms with Crippen LogP contribution in [0.5, 0.6) is 0 Å². The number of hydrogen-bond acceptors (Lipinski definition) is 2. The van der Waals surface area contributed by atoms with Crippen LogP contribution in [0.15, 0.2) is 18.2 Å². The highest BCUT2D eigenvalue weighted by Crippen LogP contribution is 2.29. The van der Waals surface area contributed by atoms with Gasteiger partial charge in [0, 0.05) is 17.0 Å². The Morgan fingerprint density at radius 3 is 2.76 bits per heavy atom. The summed E-state index contributed by atoms with van der Waals surface area (Å²) in [6, 6.07) is 5.50. The van der Waals surface area contributed by atoms with Crippen molar-refractivity contribution in [3.63, 3.8) is 0 Å². The van der Waals surface area contributed by atoms with Crippen LogP contribution in [0.1, 0.15) is 44.6 Å². The number of rotatable bonds is 7.